The van der Waals surface area contributed by atoms with E-state index in [1.165, 1.54) is 0 Å². The average Bonchev–Trinajstić information content (AvgIpc) is 2.83. The van der Waals surface area contributed by atoms with Gasteiger partial charge in [0, 0.05) is 36.6 Å². The Labute approximate surface area is 148 Å². The van der Waals surface area contributed by atoms with Crippen LogP contribution in [-0.2, 0) is 25.9 Å². The van der Waals surface area contributed by atoms with Crippen molar-refractivity contribution in [2.45, 2.75) is 20.4 Å². The first-order chi connectivity index (χ1) is 11.7. The third kappa shape index (κ3) is 5.02. The molecule has 1 aliphatic heterocycles. The van der Waals surface area contributed by atoms with Gasteiger partial charge in [-0.3, -0.25) is 14.5 Å². The highest BCUT2D eigenvalue weighted by atomic mass is 32.2. The number of sulfone groups is 1. The van der Waals surface area contributed by atoms with Crippen LogP contribution in [0.2, 0.25) is 0 Å². The first kappa shape index (κ1) is 19.4. The van der Waals surface area contributed by atoms with Crippen LogP contribution in [0.4, 0.5) is 0 Å². The molecule has 8 heteroatoms. The van der Waals surface area contributed by atoms with Crippen LogP contribution in [0.5, 0.6) is 0 Å². The summed E-state index contributed by atoms with van der Waals surface area (Å²) in [6, 6.07) is 1.78. The Morgan fingerprint density at radius 3 is 2.52 bits per heavy atom. The second-order valence-corrected chi connectivity index (χ2v) is 8.50. The standard InChI is InChI=1S/C17H24N2O5S/c1-4-5-19-13(2)10-15(14(19)3)16(20)12-24-17(21)11-18-6-8-25(22,23)9-7-18/h4,10H,1,5-9,11-12H2,2-3H3. The van der Waals surface area contributed by atoms with E-state index in [-0.39, 0.29) is 30.4 Å². The van der Waals surface area contributed by atoms with E-state index in [0.717, 1.165) is 11.4 Å². The maximum absolute atomic E-state index is 12.3. The summed E-state index contributed by atoms with van der Waals surface area (Å²) in [4.78, 5) is 25.9. The van der Waals surface area contributed by atoms with E-state index < -0.39 is 15.8 Å². The summed E-state index contributed by atoms with van der Waals surface area (Å²) in [6.07, 6.45) is 1.76. The van der Waals surface area contributed by atoms with E-state index in [1.807, 2.05) is 18.4 Å². The van der Waals surface area contributed by atoms with Crippen LogP contribution in [0.3, 0.4) is 0 Å². The monoisotopic (exact) mass is 368 g/mol. The number of carbonyl (C=O) groups is 2. The molecule has 1 saturated heterocycles. The number of allylic oxidation sites excluding steroid dienone is 1. The molecule has 25 heavy (non-hydrogen) atoms. The van der Waals surface area contributed by atoms with Gasteiger partial charge in [-0.2, -0.15) is 0 Å². The molecule has 0 amide bonds. The summed E-state index contributed by atoms with van der Waals surface area (Å²) < 4.78 is 29.8. The van der Waals surface area contributed by atoms with E-state index >= 15 is 0 Å². The zero-order valence-corrected chi connectivity index (χ0v) is 15.5. The number of hydrogen-bond acceptors (Lipinski definition) is 6. The van der Waals surface area contributed by atoms with Gasteiger partial charge in [0.05, 0.1) is 18.1 Å². The molecule has 0 aliphatic carbocycles. The second-order valence-electron chi connectivity index (χ2n) is 6.20. The topological polar surface area (TPSA) is 85.7 Å². The summed E-state index contributed by atoms with van der Waals surface area (Å²) >= 11 is 0. The number of hydrogen-bond donors (Lipinski definition) is 0. The minimum absolute atomic E-state index is 0.00170. The van der Waals surface area contributed by atoms with Crippen LogP contribution in [-0.4, -0.2) is 67.4 Å². The van der Waals surface area contributed by atoms with E-state index in [2.05, 4.69) is 6.58 Å². The van der Waals surface area contributed by atoms with Crippen molar-refractivity contribution < 1.29 is 22.7 Å². The summed E-state index contributed by atoms with van der Waals surface area (Å²) in [7, 11) is -2.98. The molecule has 0 atom stereocenters. The van der Waals surface area contributed by atoms with Crippen molar-refractivity contribution in [3.05, 3.63) is 35.7 Å². The molecule has 0 spiro atoms. The molecule has 0 saturated carbocycles. The number of rotatable bonds is 7. The van der Waals surface area contributed by atoms with Crippen LogP contribution in [0.1, 0.15) is 21.7 Å². The molecule has 0 radical (unpaired) electrons. The van der Waals surface area contributed by atoms with E-state index in [9.17, 15) is 18.0 Å². The third-order valence-electron chi connectivity index (χ3n) is 4.34. The third-order valence-corrected chi connectivity index (χ3v) is 5.95. The molecule has 1 aromatic heterocycles. The molecule has 1 fully saturated rings. The maximum Gasteiger partial charge on any atom is 0.320 e. The van der Waals surface area contributed by atoms with Gasteiger partial charge in [-0.15, -0.1) is 6.58 Å². The number of aromatic nitrogens is 1. The van der Waals surface area contributed by atoms with Gasteiger partial charge in [-0.1, -0.05) is 6.08 Å². The SMILES string of the molecule is C=CCn1c(C)cc(C(=O)COC(=O)CN2CCS(=O)(=O)CC2)c1C. The molecule has 1 aromatic rings. The number of ketones is 1. The molecular formula is C17H24N2O5S. The molecule has 7 nitrogen and oxygen atoms in total. The van der Waals surface area contributed by atoms with Gasteiger partial charge in [0.15, 0.2) is 16.4 Å². The minimum Gasteiger partial charge on any atom is -0.456 e. The number of carbonyl (C=O) groups excluding carboxylic acids is 2. The van der Waals surface area contributed by atoms with Crippen molar-refractivity contribution in [3.63, 3.8) is 0 Å². The number of nitrogens with zero attached hydrogens (tertiary/aromatic N) is 2. The number of Topliss-reactive ketones (excluding diaryl/α,β-unsaturated/α-hetero) is 1. The molecule has 2 heterocycles. The first-order valence-electron chi connectivity index (χ1n) is 8.12. The normalized spacial score (nSPS) is 17.2. The molecule has 138 valence electrons. The second kappa shape index (κ2) is 7.97. The van der Waals surface area contributed by atoms with E-state index in [0.29, 0.717) is 25.2 Å². The van der Waals surface area contributed by atoms with Crippen molar-refractivity contribution in [3.8, 4) is 0 Å². The van der Waals surface area contributed by atoms with Crippen LogP contribution in [0, 0.1) is 13.8 Å². The molecule has 0 bridgehead atoms. The first-order valence-corrected chi connectivity index (χ1v) is 9.95. The molecule has 2 rings (SSSR count). The van der Waals surface area contributed by atoms with Crippen molar-refractivity contribution in [1.82, 2.24) is 9.47 Å². The Morgan fingerprint density at radius 1 is 1.28 bits per heavy atom. The lowest BCUT2D eigenvalue weighted by molar-refractivity contribution is -0.143. The Morgan fingerprint density at radius 2 is 1.92 bits per heavy atom. The highest BCUT2D eigenvalue weighted by molar-refractivity contribution is 7.91. The lowest BCUT2D eigenvalue weighted by Gasteiger charge is -2.25. The van der Waals surface area contributed by atoms with Crippen LogP contribution >= 0.6 is 0 Å². The zero-order valence-electron chi connectivity index (χ0n) is 14.7. The van der Waals surface area contributed by atoms with Crippen LogP contribution in [0.15, 0.2) is 18.7 Å². The van der Waals surface area contributed by atoms with Crippen molar-refractivity contribution in [2.75, 3.05) is 37.7 Å². The van der Waals surface area contributed by atoms with Gasteiger partial charge in [-0.25, -0.2) is 8.42 Å². The summed E-state index contributed by atoms with van der Waals surface area (Å²) in [5.41, 5.74) is 2.30. The zero-order chi connectivity index (χ0) is 18.6. The van der Waals surface area contributed by atoms with Gasteiger partial charge in [-0.05, 0) is 19.9 Å². The summed E-state index contributed by atoms with van der Waals surface area (Å²) in [5, 5.41) is 0. The van der Waals surface area contributed by atoms with E-state index in [4.69, 9.17) is 4.74 Å². The fourth-order valence-corrected chi connectivity index (χ4v) is 4.13. The molecule has 1 aliphatic rings. The highest BCUT2D eigenvalue weighted by Gasteiger charge is 2.24. The summed E-state index contributed by atoms with van der Waals surface area (Å²) in [6.45, 7) is 8.38. The average molecular weight is 368 g/mol. The molecule has 0 N–H and O–H groups in total. The van der Waals surface area contributed by atoms with Crippen LogP contribution in [0.25, 0.3) is 0 Å². The Hall–Kier alpha value is -1.93. The Balaban J connectivity index is 1.87. The summed E-state index contributed by atoms with van der Waals surface area (Å²) in [5.74, 6) is -0.672. The predicted octanol–water partition coefficient (Wildman–Crippen LogP) is 0.747. The number of ether oxygens (including phenoxy) is 1. The Bertz CT molecular complexity index is 765. The highest BCUT2D eigenvalue weighted by Crippen LogP contribution is 2.16. The molecule has 0 unspecified atom stereocenters. The van der Waals surface area contributed by atoms with Crippen molar-refractivity contribution in [2.24, 2.45) is 0 Å². The quantitative estimate of drug-likeness (QED) is 0.401. The molecular weight excluding hydrogens is 344 g/mol. The van der Waals surface area contributed by atoms with Crippen LogP contribution < -0.4 is 0 Å². The Kier molecular flexibility index (Phi) is 6.18. The largest absolute Gasteiger partial charge is 0.456 e. The van der Waals surface area contributed by atoms with Crippen molar-refractivity contribution in [1.29, 1.82) is 0 Å². The lowest BCUT2D eigenvalue weighted by atomic mass is 10.1. The smallest absolute Gasteiger partial charge is 0.320 e. The maximum atomic E-state index is 12.3. The molecule has 0 aromatic carbocycles. The van der Waals surface area contributed by atoms with E-state index in [1.54, 1.807) is 17.0 Å². The van der Waals surface area contributed by atoms with Crippen molar-refractivity contribution >= 4 is 21.6 Å². The fraction of sp³-hybridized carbons (Fsp3) is 0.529. The number of esters is 1. The van der Waals surface area contributed by atoms with Gasteiger partial charge in [0.25, 0.3) is 0 Å². The number of aryl methyl sites for hydroxylation is 1. The fourth-order valence-electron chi connectivity index (χ4n) is 2.85. The van der Waals surface area contributed by atoms with Gasteiger partial charge >= 0.3 is 5.97 Å². The minimum atomic E-state index is -2.98. The van der Waals surface area contributed by atoms with Gasteiger partial charge in [0.2, 0.25) is 5.78 Å². The lowest BCUT2D eigenvalue weighted by Crippen LogP contribution is -2.43. The van der Waals surface area contributed by atoms with Gasteiger partial charge < -0.3 is 9.30 Å². The van der Waals surface area contributed by atoms with Gasteiger partial charge in [0.1, 0.15) is 0 Å². The predicted molar refractivity (Wildman–Crippen MR) is 94.5 cm³/mol.